The van der Waals surface area contributed by atoms with Crippen LogP contribution in [0.3, 0.4) is 0 Å². The van der Waals surface area contributed by atoms with Crippen molar-refractivity contribution in [2.24, 2.45) is 0 Å². The second-order valence-corrected chi connectivity index (χ2v) is 12.9. The number of rotatable bonds is 10. The first-order chi connectivity index (χ1) is 26.0. The van der Waals surface area contributed by atoms with Gasteiger partial charge in [0.2, 0.25) is 0 Å². The molecule has 2 aromatic heterocycles. The number of aliphatic carboxylic acids is 1. The van der Waals surface area contributed by atoms with Crippen LogP contribution in [0.5, 0.6) is 0 Å². The average molecular weight is 735 g/mol. The second kappa shape index (κ2) is 14.7. The predicted octanol–water partition coefficient (Wildman–Crippen LogP) is 5.64. The molecule has 0 saturated carbocycles. The molecule has 54 heavy (non-hydrogen) atoms. The zero-order chi connectivity index (χ0) is 38.1. The van der Waals surface area contributed by atoms with E-state index in [0.717, 1.165) is 30.6 Å². The molecular formula is C41H33F3N4O6. The van der Waals surface area contributed by atoms with Gasteiger partial charge in [-0.15, -0.1) is 0 Å². The third-order valence-corrected chi connectivity index (χ3v) is 9.64. The molecular weight excluding hydrogens is 701 g/mol. The van der Waals surface area contributed by atoms with Crippen molar-refractivity contribution in [1.82, 2.24) is 19.8 Å². The lowest BCUT2D eigenvalue weighted by Gasteiger charge is -2.16. The van der Waals surface area contributed by atoms with E-state index in [1.54, 1.807) is 21.3 Å². The maximum Gasteiger partial charge on any atom is 0.490 e. The molecule has 6 aromatic rings. The summed E-state index contributed by atoms with van der Waals surface area (Å²) in [7, 11) is 0. The van der Waals surface area contributed by atoms with Crippen LogP contribution in [-0.2, 0) is 17.9 Å². The minimum Gasteiger partial charge on any atom is -0.475 e. The van der Waals surface area contributed by atoms with Gasteiger partial charge in [0.1, 0.15) is 0 Å². The van der Waals surface area contributed by atoms with Crippen molar-refractivity contribution in [3.63, 3.8) is 0 Å². The van der Waals surface area contributed by atoms with Gasteiger partial charge in [-0.2, -0.15) is 13.2 Å². The van der Waals surface area contributed by atoms with Gasteiger partial charge in [0.05, 0.1) is 22.5 Å². The molecule has 0 aliphatic heterocycles. The average Bonchev–Trinajstić information content (AvgIpc) is 3.64. The maximum atomic E-state index is 13.6. The van der Waals surface area contributed by atoms with Crippen LogP contribution in [0, 0.1) is 0 Å². The summed E-state index contributed by atoms with van der Waals surface area (Å²) in [6.45, 7) is 3.51. The number of carboxylic acid groups (broad SMARTS) is 1. The molecule has 274 valence electrons. The molecule has 4 aromatic carbocycles. The van der Waals surface area contributed by atoms with Crippen molar-refractivity contribution in [2.75, 3.05) is 26.2 Å². The number of hydrogen-bond acceptors (Lipinski definition) is 7. The van der Waals surface area contributed by atoms with Gasteiger partial charge in [-0.25, -0.2) is 4.79 Å². The number of carbonyl (C=O) groups excluding carboxylic acids is 2. The molecule has 0 amide bonds. The standard InChI is InChI=1S/C39H32N4O4.C2HF3O2/c44-36-28-14-5-3-12-26(28)34-32(36)24-10-1-7-16-30(24)38(46)42(34)22-20-40-18-9-19-41-21-23-43-35-27-13-4-6-15-29(27)37(45)33(35)25-11-2-8-17-31(25)39(43)47;3-2(4,5)1(6)7/h1-8,10-17,40-41H,9,18-23H2;(H,6,7). The van der Waals surface area contributed by atoms with Crippen LogP contribution in [0.1, 0.15) is 38.3 Å². The molecule has 0 radical (unpaired) electrons. The van der Waals surface area contributed by atoms with Gasteiger partial charge in [0, 0.05) is 70.0 Å². The van der Waals surface area contributed by atoms with Gasteiger partial charge in [-0.3, -0.25) is 19.2 Å². The van der Waals surface area contributed by atoms with E-state index < -0.39 is 12.1 Å². The van der Waals surface area contributed by atoms with Crippen LogP contribution < -0.4 is 21.8 Å². The Hall–Kier alpha value is -6.18. The summed E-state index contributed by atoms with van der Waals surface area (Å²) in [6.07, 6.45) is -4.24. The van der Waals surface area contributed by atoms with Gasteiger partial charge in [-0.1, -0.05) is 84.9 Å². The highest BCUT2D eigenvalue weighted by Gasteiger charge is 2.38. The number of alkyl halides is 3. The van der Waals surface area contributed by atoms with Crippen LogP contribution in [0.15, 0.2) is 107 Å². The Morgan fingerprint density at radius 3 is 1.24 bits per heavy atom. The Morgan fingerprint density at radius 1 is 0.537 bits per heavy atom. The summed E-state index contributed by atoms with van der Waals surface area (Å²) in [6, 6.07) is 29.7. The molecule has 0 atom stereocenters. The molecule has 0 bridgehead atoms. The van der Waals surface area contributed by atoms with E-state index in [1.807, 2.05) is 84.9 Å². The number of pyridine rings is 2. The van der Waals surface area contributed by atoms with E-state index in [1.165, 1.54) is 0 Å². The number of aromatic nitrogens is 2. The Labute approximate surface area is 305 Å². The second-order valence-electron chi connectivity index (χ2n) is 12.9. The van der Waals surface area contributed by atoms with E-state index in [2.05, 4.69) is 10.6 Å². The topological polar surface area (TPSA) is 140 Å². The van der Waals surface area contributed by atoms with E-state index in [4.69, 9.17) is 9.90 Å². The van der Waals surface area contributed by atoms with Crippen molar-refractivity contribution in [1.29, 1.82) is 0 Å². The first-order valence-electron chi connectivity index (χ1n) is 17.3. The highest BCUT2D eigenvalue weighted by Crippen LogP contribution is 2.40. The fraction of sp³-hybridized carbons (Fsp3) is 0.195. The van der Waals surface area contributed by atoms with Gasteiger partial charge >= 0.3 is 12.1 Å². The highest BCUT2D eigenvalue weighted by molar-refractivity contribution is 6.27. The summed E-state index contributed by atoms with van der Waals surface area (Å²) in [5.41, 5.74) is 5.33. The highest BCUT2D eigenvalue weighted by atomic mass is 19.4. The number of halogens is 3. The zero-order valence-electron chi connectivity index (χ0n) is 28.7. The first-order valence-corrected chi connectivity index (χ1v) is 17.3. The molecule has 0 spiro atoms. The zero-order valence-corrected chi connectivity index (χ0v) is 28.7. The smallest absolute Gasteiger partial charge is 0.475 e. The van der Waals surface area contributed by atoms with Crippen molar-refractivity contribution in [2.45, 2.75) is 25.7 Å². The lowest BCUT2D eigenvalue weighted by molar-refractivity contribution is -0.192. The van der Waals surface area contributed by atoms with E-state index >= 15 is 0 Å². The Bertz CT molecular complexity index is 2440. The molecule has 13 heteroatoms. The number of carboxylic acids is 1. The fourth-order valence-corrected chi connectivity index (χ4v) is 7.26. The van der Waals surface area contributed by atoms with Crippen LogP contribution in [0.4, 0.5) is 13.2 Å². The number of nitrogens with zero attached hydrogens (tertiary/aromatic N) is 2. The summed E-state index contributed by atoms with van der Waals surface area (Å²) < 4.78 is 35.2. The van der Waals surface area contributed by atoms with Crippen molar-refractivity contribution >= 4 is 39.1 Å². The fourth-order valence-electron chi connectivity index (χ4n) is 7.26. The number of hydrogen-bond donors (Lipinski definition) is 3. The minimum absolute atomic E-state index is 0.0358. The molecule has 2 aliphatic carbocycles. The molecule has 8 rings (SSSR count). The minimum atomic E-state index is -5.08. The molecule has 0 fully saturated rings. The summed E-state index contributed by atoms with van der Waals surface area (Å²) in [5.74, 6) is -2.83. The first kappa shape index (κ1) is 36.2. The molecule has 10 nitrogen and oxygen atoms in total. The quantitative estimate of drug-likeness (QED) is 0.154. The number of carbonyl (C=O) groups is 3. The predicted molar refractivity (Wildman–Crippen MR) is 198 cm³/mol. The summed E-state index contributed by atoms with van der Waals surface area (Å²) in [5, 5.41) is 16.5. The van der Waals surface area contributed by atoms with Gasteiger partial charge in [-0.05, 0) is 31.6 Å². The lowest BCUT2D eigenvalue weighted by Crippen LogP contribution is -2.31. The van der Waals surface area contributed by atoms with Gasteiger partial charge in [0.15, 0.2) is 11.6 Å². The van der Waals surface area contributed by atoms with Crippen LogP contribution in [0.25, 0.3) is 44.1 Å². The van der Waals surface area contributed by atoms with E-state index in [-0.39, 0.29) is 22.7 Å². The van der Waals surface area contributed by atoms with Gasteiger partial charge in [0.25, 0.3) is 11.1 Å². The monoisotopic (exact) mass is 734 g/mol. The molecule has 2 heterocycles. The number of benzene rings is 4. The third kappa shape index (κ3) is 6.41. The van der Waals surface area contributed by atoms with Gasteiger partial charge < -0.3 is 24.9 Å². The Kier molecular flexibility index (Phi) is 9.84. The van der Waals surface area contributed by atoms with E-state index in [0.29, 0.717) is 81.4 Å². The number of ketones is 2. The molecule has 3 N–H and O–H groups in total. The molecule has 0 unspecified atom stereocenters. The largest absolute Gasteiger partial charge is 0.490 e. The SMILES string of the molecule is O=C(O)C(F)(F)F.O=C1c2ccccc2-c2c1c1ccccc1c(=O)n2CCNCCCNCCn1c2c(c3ccccc3c1=O)C(=O)c1ccccc1-2. The molecule has 0 saturated heterocycles. The normalized spacial score (nSPS) is 12.6. The third-order valence-electron chi connectivity index (χ3n) is 9.64. The van der Waals surface area contributed by atoms with Crippen LogP contribution in [-0.4, -0.2) is 64.1 Å². The van der Waals surface area contributed by atoms with Crippen molar-refractivity contribution in [3.05, 3.63) is 140 Å². The van der Waals surface area contributed by atoms with Crippen LogP contribution >= 0.6 is 0 Å². The molecule has 2 aliphatic rings. The summed E-state index contributed by atoms with van der Waals surface area (Å²) >= 11 is 0. The lowest BCUT2D eigenvalue weighted by atomic mass is 10.0. The Morgan fingerprint density at radius 2 is 0.870 bits per heavy atom. The van der Waals surface area contributed by atoms with Crippen molar-refractivity contribution in [3.8, 4) is 22.5 Å². The number of fused-ring (bicyclic) bond motifs is 10. The summed E-state index contributed by atoms with van der Waals surface area (Å²) in [4.78, 5) is 62.8. The Balaban J connectivity index is 0.000000588. The van der Waals surface area contributed by atoms with E-state index in [9.17, 15) is 32.3 Å². The van der Waals surface area contributed by atoms with Crippen LogP contribution in [0.2, 0.25) is 0 Å². The van der Waals surface area contributed by atoms with Crippen molar-refractivity contribution < 1.29 is 32.7 Å². The maximum absolute atomic E-state index is 13.6. The number of nitrogens with one attached hydrogen (secondary N) is 2.